The van der Waals surface area contributed by atoms with Crippen molar-refractivity contribution in [3.8, 4) is 18.4 Å². The second-order valence-electron chi connectivity index (χ2n) is 12.9. The molecule has 2 rings (SSSR count). The fraction of sp³-hybridized carbons (Fsp3) is 0.457. The number of terminal acetylenes is 1. The molecule has 45 heavy (non-hydrogen) atoms. The Morgan fingerprint density at radius 1 is 0.889 bits per heavy atom. The van der Waals surface area contributed by atoms with Gasteiger partial charge in [-0.3, -0.25) is 9.59 Å². The number of ether oxygens (including phenoxy) is 2. The summed E-state index contributed by atoms with van der Waals surface area (Å²) in [5.41, 5.74) is 0.00495. The standard InChI is InChI=1S/C35H44N4O6/c1-10-24-16-18-26(19-17-24)29(39(21-20-36)31(41)28(23(2)3)38-33(43)45-35(7,8)9)30(40)37-27(32(42)44-34(4,5)6)22-25-14-12-11-13-15-25/h1,11-19,23,27-29H,21-22H2,2-9H3,(H,37,40)(H,38,43). The molecular formula is C35H44N4O6. The van der Waals surface area contributed by atoms with Gasteiger partial charge in [0.25, 0.3) is 0 Å². The molecule has 0 radical (unpaired) electrons. The SMILES string of the molecule is C#Cc1ccc(C(C(=O)NC(Cc2ccccc2)C(=O)OC(C)(C)C)N(CC#N)C(=O)C(NC(=O)OC(C)(C)C)C(C)C)cc1. The van der Waals surface area contributed by atoms with Crippen LogP contribution >= 0.6 is 0 Å². The molecule has 10 nitrogen and oxygen atoms in total. The van der Waals surface area contributed by atoms with Crippen LogP contribution < -0.4 is 10.6 Å². The van der Waals surface area contributed by atoms with E-state index in [1.165, 1.54) is 0 Å². The number of nitrogens with one attached hydrogen (secondary N) is 2. The number of carbonyl (C=O) groups excluding carboxylic acids is 4. The molecule has 2 aromatic rings. The predicted octanol–water partition coefficient (Wildman–Crippen LogP) is 4.68. The van der Waals surface area contributed by atoms with Gasteiger partial charge in [0.05, 0.1) is 6.07 Å². The number of carbonyl (C=O) groups is 4. The van der Waals surface area contributed by atoms with Crippen LogP contribution in [0.3, 0.4) is 0 Å². The van der Waals surface area contributed by atoms with Gasteiger partial charge in [0, 0.05) is 12.0 Å². The molecule has 0 fully saturated rings. The second-order valence-corrected chi connectivity index (χ2v) is 12.9. The van der Waals surface area contributed by atoms with Crippen molar-refractivity contribution in [1.82, 2.24) is 15.5 Å². The maximum absolute atomic E-state index is 14.2. The van der Waals surface area contributed by atoms with Crippen LogP contribution in [0.2, 0.25) is 0 Å². The van der Waals surface area contributed by atoms with Gasteiger partial charge in [-0.15, -0.1) is 6.42 Å². The van der Waals surface area contributed by atoms with Crippen molar-refractivity contribution in [2.45, 2.75) is 91.1 Å². The number of rotatable bonds is 11. The molecule has 3 unspecified atom stereocenters. The Morgan fingerprint density at radius 2 is 1.47 bits per heavy atom. The number of alkyl carbamates (subject to hydrolysis) is 1. The van der Waals surface area contributed by atoms with Gasteiger partial charge in [-0.25, -0.2) is 9.59 Å². The molecule has 0 aliphatic heterocycles. The lowest BCUT2D eigenvalue weighted by atomic mass is 9.97. The van der Waals surface area contributed by atoms with Gasteiger partial charge in [-0.1, -0.05) is 62.2 Å². The van der Waals surface area contributed by atoms with E-state index in [1.54, 1.807) is 79.7 Å². The number of benzene rings is 2. The van der Waals surface area contributed by atoms with Crippen LogP contribution in [0.5, 0.6) is 0 Å². The number of nitrogens with zero attached hydrogens (tertiary/aromatic N) is 2. The van der Waals surface area contributed by atoms with Gasteiger partial charge < -0.3 is 25.0 Å². The van der Waals surface area contributed by atoms with Gasteiger partial charge in [-0.05, 0) is 70.7 Å². The highest BCUT2D eigenvalue weighted by molar-refractivity contribution is 5.94. The monoisotopic (exact) mass is 616 g/mol. The van der Waals surface area contributed by atoms with Crippen LogP contribution in [0.25, 0.3) is 0 Å². The van der Waals surface area contributed by atoms with Crippen molar-refractivity contribution in [3.05, 3.63) is 71.3 Å². The summed E-state index contributed by atoms with van der Waals surface area (Å²) < 4.78 is 11.0. The molecule has 0 spiro atoms. The Labute approximate surface area is 266 Å². The van der Waals surface area contributed by atoms with E-state index in [0.29, 0.717) is 11.1 Å². The molecule has 10 heteroatoms. The van der Waals surface area contributed by atoms with Crippen LogP contribution in [0.4, 0.5) is 4.79 Å². The van der Waals surface area contributed by atoms with E-state index in [1.807, 2.05) is 36.4 Å². The number of hydrogen-bond donors (Lipinski definition) is 2. The highest BCUT2D eigenvalue weighted by Gasteiger charge is 2.39. The fourth-order valence-corrected chi connectivity index (χ4v) is 4.40. The zero-order chi connectivity index (χ0) is 33.9. The van der Waals surface area contributed by atoms with E-state index in [9.17, 15) is 24.4 Å². The topological polar surface area (TPSA) is 138 Å². The molecule has 3 atom stereocenters. The van der Waals surface area contributed by atoms with E-state index in [-0.39, 0.29) is 6.42 Å². The molecule has 3 amide bonds. The largest absolute Gasteiger partial charge is 0.458 e. The van der Waals surface area contributed by atoms with Gasteiger partial charge in [0.2, 0.25) is 11.8 Å². The van der Waals surface area contributed by atoms with Gasteiger partial charge in [0.1, 0.15) is 35.9 Å². The highest BCUT2D eigenvalue weighted by atomic mass is 16.6. The summed E-state index contributed by atoms with van der Waals surface area (Å²) >= 11 is 0. The van der Waals surface area contributed by atoms with Crippen molar-refractivity contribution in [2.75, 3.05) is 6.54 Å². The minimum atomic E-state index is -1.37. The highest BCUT2D eigenvalue weighted by Crippen LogP contribution is 2.25. The quantitative estimate of drug-likeness (QED) is 0.212. The van der Waals surface area contributed by atoms with Gasteiger partial charge in [-0.2, -0.15) is 5.26 Å². The van der Waals surface area contributed by atoms with E-state index in [0.717, 1.165) is 10.5 Å². The molecule has 0 saturated heterocycles. The third-order valence-electron chi connectivity index (χ3n) is 6.37. The molecule has 0 heterocycles. The van der Waals surface area contributed by atoms with Gasteiger partial charge >= 0.3 is 12.1 Å². The second kappa shape index (κ2) is 15.8. The summed E-state index contributed by atoms with van der Waals surface area (Å²) in [5.74, 6) is 0.00489. The molecule has 0 bridgehead atoms. The van der Waals surface area contributed by atoms with Crippen molar-refractivity contribution in [1.29, 1.82) is 5.26 Å². The van der Waals surface area contributed by atoms with Crippen molar-refractivity contribution >= 4 is 23.9 Å². The summed E-state index contributed by atoms with van der Waals surface area (Å²) in [4.78, 5) is 55.5. The Bertz CT molecular complexity index is 1410. The minimum Gasteiger partial charge on any atom is -0.458 e. The summed E-state index contributed by atoms with van der Waals surface area (Å²) in [5, 5.41) is 15.2. The average molecular weight is 617 g/mol. The molecular weight excluding hydrogens is 572 g/mol. The average Bonchev–Trinajstić information content (AvgIpc) is 2.94. The molecule has 2 N–H and O–H groups in total. The maximum atomic E-state index is 14.2. The third-order valence-corrected chi connectivity index (χ3v) is 6.37. The Hall–Kier alpha value is -4.83. The number of amides is 3. The first-order valence-electron chi connectivity index (χ1n) is 14.8. The summed E-state index contributed by atoms with van der Waals surface area (Å²) in [7, 11) is 0. The third kappa shape index (κ3) is 11.6. The lowest BCUT2D eigenvalue weighted by molar-refractivity contribution is -0.159. The van der Waals surface area contributed by atoms with Crippen molar-refractivity contribution < 1.29 is 28.7 Å². The van der Waals surface area contributed by atoms with Crippen molar-refractivity contribution in [2.24, 2.45) is 5.92 Å². The molecule has 0 aliphatic rings. The first kappa shape index (κ1) is 36.4. The van der Waals surface area contributed by atoms with Crippen molar-refractivity contribution in [3.63, 3.8) is 0 Å². The summed E-state index contributed by atoms with van der Waals surface area (Å²) in [6, 6.07) is 13.8. The van der Waals surface area contributed by atoms with E-state index in [2.05, 4.69) is 16.6 Å². The first-order valence-corrected chi connectivity index (χ1v) is 14.8. The Kier molecular flexibility index (Phi) is 12.7. The lowest BCUT2D eigenvalue weighted by Crippen LogP contribution is -2.56. The predicted molar refractivity (Wildman–Crippen MR) is 170 cm³/mol. The number of esters is 1. The van der Waals surface area contributed by atoms with Crippen LogP contribution in [0.15, 0.2) is 54.6 Å². The number of nitriles is 1. The van der Waals surface area contributed by atoms with Crippen LogP contribution in [0, 0.1) is 29.6 Å². The normalized spacial score (nSPS) is 13.3. The lowest BCUT2D eigenvalue weighted by Gasteiger charge is -2.35. The zero-order valence-corrected chi connectivity index (χ0v) is 27.3. The number of hydrogen-bond acceptors (Lipinski definition) is 7. The van der Waals surface area contributed by atoms with Crippen LogP contribution in [-0.2, 0) is 30.3 Å². The van der Waals surface area contributed by atoms with Gasteiger partial charge in [0.15, 0.2) is 0 Å². The van der Waals surface area contributed by atoms with E-state index in [4.69, 9.17) is 15.9 Å². The van der Waals surface area contributed by atoms with Crippen LogP contribution in [0.1, 0.15) is 78.1 Å². The molecule has 0 aromatic heterocycles. The molecule has 2 aromatic carbocycles. The summed E-state index contributed by atoms with van der Waals surface area (Å²) in [6.07, 6.45) is 4.83. The molecule has 0 aliphatic carbocycles. The molecule has 0 saturated carbocycles. The van der Waals surface area contributed by atoms with Crippen LogP contribution in [-0.4, -0.2) is 58.6 Å². The minimum absolute atomic E-state index is 0.116. The zero-order valence-electron chi connectivity index (χ0n) is 27.3. The van der Waals surface area contributed by atoms with E-state index < -0.39 is 65.7 Å². The Morgan fingerprint density at radius 3 is 1.96 bits per heavy atom. The fourth-order valence-electron chi connectivity index (χ4n) is 4.40. The maximum Gasteiger partial charge on any atom is 0.408 e. The first-order chi connectivity index (χ1) is 21.0. The smallest absolute Gasteiger partial charge is 0.408 e. The Balaban J connectivity index is 2.59. The van der Waals surface area contributed by atoms with E-state index >= 15 is 0 Å². The summed E-state index contributed by atoms with van der Waals surface area (Å²) in [6.45, 7) is 13.2. The molecule has 240 valence electrons.